The van der Waals surface area contributed by atoms with Crippen molar-refractivity contribution in [3.8, 4) is 5.75 Å². The van der Waals surface area contributed by atoms with Crippen LogP contribution in [0.15, 0.2) is 78.9 Å². The molecular weight excluding hydrogens is 454 g/mol. The van der Waals surface area contributed by atoms with Crippen LogP contribution >= 0.6 is 11.6 Å². The second-order valence-electron chi connectivity index (χ2n) is 7.45. The van der Waals surface area contributed by atoms with Gasteiger partial charge in [0.1, 0.15) is 11.8 Å². The Labute approximate surface area is 203 Å². The highest BCUT2D eigenvalue weighted by Gasteiger charge is 2.22. The molecule has 0 radical (unpaired) electrons. The van der Waals surface area contributed by atoms with Gasteiger partial charge in [0, 0.05) is 22.7 Å². The lowest BCUT2D eigenvalue weighted by atomic mass is 10.0. The molecule has 0 spiro atoms. The van der Waals surface area contributed by atoms with E-state index in [0.29, 0.717) is 28.6 Å². The van der Waals surface area contributed by atoms with Crippen LogP contribution in [0.1, 0.15) is 22.8 Å². The Kier molecular flexibility index (Phi) is 9.05. The van der Waals surface area contributed by atoms with Crippen molar-refractivity contribution in [3.63, 3.8) is 0 Å². The third kappa shape index (κ3) is 7.64. The largest absolute Gasteiger partial charge is 0.494 e. The molecule has 0 aliphatic heterocycles. The molecule has 0 saturated heterocycles. The molecule has 0 aliphatic carbocycles. The number of ether oxygens (including phenoxy) is 1. The van der Waals surface area contributed by atoms with E-state index in [1.807, 2.05) is 37.3 Å². The lowest BCUT2D eigenvalue weighted by molar-refractivity contribution is -0.125. The summed E-state index contributed by atoms with van der Waals surface area (Å²) in [7, 11) is 0. The summed E-state index contributed by atoms with van der Waals surface area (Å²) in [4.78, 5) is 37.9. The number of hydrogen-bond acceptors (Lipinski definition) is 4. The van der Waals surface area contributed by atoms with E-state index in [0.717, 1.165) is 5.56 Å². The third-order valence-corrected chi connectivity index (χ3v) is 5.14. The van der Waals surface area contributed by atoms with Gasteiger partial charge in [-0.3, -0.25) is 14.4 Å². The second-order valence-corrected chi connectivity index (χ2v) is 7.88. The Hall–Kier alpha value is -3.84. The van der Waals surface area contributed by atoms with E-state index in [4.69, 9.17) is 16.3 Å². The summed E-state index contributed by atoms with van der Waals surface area (Å²) in [5.74, 6) is -0.561. The number of anilines is 1. The fourth-order valence-electron chi connectivity index (χ4n) is 3.20. The van der Waals surface area contributed by atoms with Crippen molar-refractivity contribution in [3.05, 3.63) is 95.0 Å². The van der Waals surface area contributed by atoms with Gasteiger partial charge in [0.05, 0.1) is 13.2 Å². The van der Waals surface area contributed by atoms with E-state index in [9.17, 15) is 14.4 Å². The lowest BCUT2D eigenvalue weighted by Crippen LogP contribution is -2.49. The van der Waals surface area contributed by atoms with Gasteiger partial charge in [-0.25, -0.2) is 0 Å². The van der Waals surface area contributed by atoms with Crippen LogP contribution in [0.5, 0.6) is 5.75 Å². The number of amides is 3. The van der Waals surface area contributed by atoms with Gasteiger partial charge in [-0.2, -0.15) is 0 Å². The fourth-order valence-corrected chi connectivity index (χ4v) is 3.32. The number of rotatable bonds is 10. The Balaban J connectivity index is 1.61. The van der Waals surface area contributed by atoms with E-state index >= 15 is 0 Å². The van der Waals surface area contributed by atoms with Crippen LogP contribution in [0.3, 0.4) is 0 Å². The first-order chi connectivity index (χ1) is 16.4. The Morgan fingerprint density at radius 2 is 1.59 bits per heavy atom. The smallest absolute Gasteiger partial charge is 0.251 e. The molecule has 34 heavy (non-hydrogen) atoms. The molecule has 0 saturated carbocycles. The van der Waals surface area contributed by atoms with Crippen molar-refractivity contribution in [2.75, 3.05) is 18.5 Å². The summed E-state index contributed by atoms with van der Waals surface area (Å²) in [6, 6.07) is 21.8. The van der Waals surface area contributed by atoms with E-state index in [1.165, 1.54) is 0 Å². The standard InChI is InChI=1S/C26H26ClN3O4/c1-2-34-22-14-12-21(13-15-22)29-24(31)17-28-26(33)23(16-18-6-4-3-5-7-18)30-25(32)19-8-10-20(27)11-9-19/h3-15,23H,2,16-17H2,1H3,(H,28,33)(H,29,31)(H,30,32). The van der Waals surface area contributed by atoms with Gasteiger partial charge in [-0.15, -0.1) is 0 Å². The van der Waals surface area contributed by atoms with E-state index in [1.54, 1.807) is 48.5 Å². The minimum Gasteiger partial charge on any atom is -0.494 e. The monoisotopic (exact) mass is 479 g/mol. The Bertz CT molecular complexity index is 1100. The zero-order valence-electron chi connectivity index (χ0n) is 18.7. The molecule has 7 nitrogen and oxygen atoms in total. The van der Waals surface area contributed by atoms with Crippen molar-refractivity contribution in [1.29, 1.82) is 0 Å². The molecular formula is C26H26ClN3O4. The molecule has 3 N–H and O–H groups in total. The maximum absolute atomic E-state index is 12.9. The minimum atomic E-state index is -0.871. The minimum absolute atomic E-state index is 0.242. The predicted octanol–water partition coefficient (Wildman–Crippen LogP) is 3.83. The molecule has 3 amide bonds. The van der Waals surface area contributed by atoms with Crippen molar-refractivity contribution < 1.29 is 19.1 Å². The number of benzene rings is 3. The normalized spacial score (nSPS) is 11.2. The molecule has 0 aromatic heterocycles. The van der Waals surface area contributed by atoms with Crippen LogP contribution in [0.2, 0.25) is 5.02 Å². The van der Waals surface area contributed by atoms with Crippen LogP contribution in [-0.4, -0.2) is 36.9 Å². The molecule has 1 unspecified atom stereocenters. The summed E-state index contributed by atoms with van der Waals surface area (Å²) >= 11 is 5.89. The molecule has 0 fully saturated rings. The van der Waals surface area contributed by atoms with Crippen molar-refractivity contribution >= 4 is 35.0 Å². The second kappa shape index (κ2) is 12.4. The highest BCUT2D eigenvalue weighted by atomic mass is 35.5. The maximum atomic E-state index is 12.9. The SMILES string of the molecule is CCOc1ccc(NC(=O)CNC(=O)C(Cc2ccccc2)NC(=O)c2ccc(Cl)cc2)cc1. The number of carbonyl (C=O) groups excluding carboxylic acids is 3. The predicted molar refractivity (Wildman–Crippen MR) is 132 cm³/mol. The van der Waals surface area contributed by atoms with Crippen molar-refractivity contribution in [2.45, 2.75) is 19.4 Å². The van der Waals surface area contributed by atoms with Crippen LogP contribution in [0, 0.1) is 0 Å². The summed E-state index contributed by atoms with van der Waals surface area (Å²) in [5.41, 5.74) is 1.83. The average Bonchev–Trinajstić information content (AvgIpc) is 2.84. The maximum Gasteiger partial charge on any atom is 0.251 e. The van der Waals surface area contributed by atoms with Gasteiger partial charge < -0.3 is 20.7 Å². The fraction of sp³-hybridized carbons (Fsp3) is 0.192. The third-order valence-electron chi connectivity index (χ3n) is 4.88. The number of hydrogen-bond donors (Lipinski definition) is 3. The average molecular weight is 480 g/mol. The highest BCUT2D eigenvalue weighted by Crippen LogP contribution is 2.15. The van der Waals surface area contributed by atoms with Crippen LogP contribution in [0.4, 0.5) is 5.69 Å². The van der Waals surface area contributed by atoms with E-state index in [-0.39, 0.29) is 18.9 Å². The van der Waals surface area contributed by atoms with E-state index < -0.39 is 17.9 Å². The molecule has 0 heterocycles. The zero-order chi connectivity index (χ0) is 24.3. The molecule has 1 atom stereocenters. The molecule has 0 aliphatic rings. The van der Waals surface area contributed by atoms with Crippen LogP contribution in [0.25, 0.3) is 0 Å². The first-order valence-electron chi connectivity index (χ1n) is 10.9. The van der Waals surface area contributed by atoms with Crippen LogP contribution in [-0.2, 0) is 16.0 Å². The molecule has 0 bridgehead atoms. The summed E-state index contributed by atoms with van der Waals surface area (Å²) in [6.45, 7) is 2.20. The number of halogens is 1. The van der Waals surface area contributed by atoms with Crippen molar-refractivity contribution in [1.82, 2.24) is 10.6 Å². The summed E-state index contributed by atoms with van der Waals surface area (Å²) in [6.07, 6.45) is 0.270. The molecule has 3 aromatic rings. The number of carbonyl (C=O) groups is 3. The Morgan fingerprint density at radius 3 is 2.24 bits per heavy atom. The lowest BCUT2D eigenvalue weighted by Gasteiger charge is -2.19. The molecule has 8 heteroatoms. The van der Waals surface area contributed by atoms with Gasteiger partial charge >= 0.3 is 0 Å². The number of nitrogens with one attached hydrogen (secondary N) is 3. The Morgan fingerprint density at radius 1 is 0.912 bits per heavy atom. The summed E-state index contributed by atoms with van der Waals surface area (Å²) < 4.78 is 5.38. The summed E-state index contributed by atoms with van der Waals surface area (Å²) in [5, 5.41) is 8.59. The van der Waals surface area contributed by atoms with Gasteiger partial charge in [0.2, 0.25) is 11.8 Å². The first-order valence-corrected chi connectivity index (χ1v) is 11.2. The van der Waals surface area contributed by atoms with Gasteiger partial charge in [-0.1, -0.05) is 41.9 Å². The topological polar surface area (TPSA) is 96.5 Å². The van der Waals surface area contributed by atoms with Gasteiger partial charge in [0.25, 0.3) is 5.91 Å². The first kappa shape index (κ1) is 24.8. The molecule has 3 aromatic carbocycles. The van der Waals surface area contributed by atoms with Crippen LogP contribution < -0.4 is 20.7 Å². The molecule has 176 valence electrons. The highest BCUT2D eigenvalue weighted by molar-refractivity contribution is 6.30. The molecule has 3 rings (SSSR count). The van der Waals surface area contributed by atoms with E-state index in [2.05, 4.69) is 16.0 Å². The van der Waals surface area contributed by atoms with Crippen molar-refractivity contribution in [2.24, 2.45) is 0 Å². The van der Waals surface area contributed by atoms with Gasteiger partial charge in [-0.05, 0) is 61.0 Å². The van der Waals surface area contributed by atoms with Gasteiger partial charge in [0.15, 0.2) is 0 Å². The zero-order valence-corrected chi connectivity index (χ0v) is 19.5. The quantitative estimate of drug-likeness (QED) is 0.411.